The van der Waals surface area contributed by atoms with Crippen LogP contribution in [0.25, 0.3) is 0 Å². The lowest BCUT2D eigenvalue weighted by Crippen LogP contribution is -2.32. The Morgan fingerprint density at radius 1 is 1.18 bits per heavy atom. The molecular weight excluding hydrogens is 350 g/mol. The minimum absolute atomic E-state index is 0.156. The molecule has 150 valence electrons. The van der Waals surface area contributed by atoms with Crippen molar-refractivity contribution in [3.63, 3.8) is 0 Å². The standard InChI is InChI=1S/C22H31N5O/c1-4-5-12-23-21(28)20-15-17(3)24-22(26-20)25-18-6-8-19(9-7-18)27-13-10-16(2)11-14-27/h6-9,15-16H,4-5,10-14H2,1-3H3,(H,23,28)(H,24,25,26). The van der Waals surface area contributed by atoms with E-state index in [1.807, 2.05) is 19.1 Å². The van der Waals surface area contributed by atoms with E-state index in [0.29, 0.717) is 18.2 Å². The second-order valence-corrected chi connectivity index (χ2v) is 7.67. The molecule has 0 atom stereocenters. The number of benzene rings is 1. The number of nitrogens with one attached hydrogen (secondary N) is 2. The molecule has 1 fully saturated rings. The Kier molecular flexibility index (Phi) is 6.85. The van der Waals surface area contributed by atoms with Gasteiger partial charge in [0.25, 0.3) is 5.91 Å². The Labute approximate surface area is 167 Å². The molecule has 2 heterocycles. The van der Waals surface area contributed by atoms with Gasteiger partial charge in [0.15, 0.2) is 0 Å². The normalized spacial score (nSPS) is 14.8. The van der Waals surface area contributed by atoms with Crippen LogP contribution in [0, 0.1) is 12.8 Å². The van der Waals surface area contributed by atoms with E-state index in [4.69, 9.17) is 0 Å². The predicted octanol–water partition coefficient (Wildman–Crippen LogP) is 4.29. The van der Waals surface area contributed by atoms with E-state index in [2.05, 4.69) is 51.5 Å². The Hall–Kier alpha value is -2.63. The van der Waals surface area contributed by atoms with Gasteiger partial charge in [-0.15, -0.1) is 0 Å². The third-order valence-corrected chi connectivity index (χ3v) is 5.17. The van der Waals surface area contributed by atoms with Crippen molar-refractivity contribution in [3.05, 3.63) is 41.7 Å². The van der Waals surface area contributed by atoms with Gasteiger partial charge in [-0.2, -0.15) is 0 Å². The minimum Gasteiger partial charge on any atom is -0.372 e. The molecule has 1 aliphatic heterocycles. The molecule has 1 aromatic carbocycles. The minimum atomic E-state index is -0.156. The summed E-state index contributed by atoms with van der Waals surface area (Å²) in [6, 6.07) is 10.1. The number of unbranched alkanes of at least 4 members (excludes halogenated alkanes) is 1. The highest BCUT2D eigenvalue weighted by Crippen LogP contribution is 2.25. The molecule has 1 saturated heterocycles. The highest BCUT2D eigenvalue weighted by atomic mass is 16.1. The molecule has 2 N–H and O–H groups in total. The number of carbonyl (C=O) groups excluding carboxylic acids is 1. The fourth-order valence-corrected chi connectivity index (χ4v) is 3.36. The van der Waals surface area contributed by atoms with Crippen molar-refractivity contribution in [2.75, 3.05) is 29.9 Å². The lowest BCUT2D eigenvalue weighted by molar-refractivity contribution is 0.0948. The highest BCUT2D eigenvalue weighted by Gasteiger charge is 2.16. The first-order chi connectivity index (χ1) is 13.5. The first-order valence-corrected chi connectivity index (χ1v) is 10.3. The number of nitrogens with zero attached hydrogens (tertiary/aromatic N) is 3. The van der Waals surface area contributed by atoms with Crippen LogP contribution in [0.1, 0.15) is 55.7 Å². The molecule has 1 aromatic heterocycles. The molecule has 6 heteroatoms. The van der Waals surface area contributed by atoms with Crippen LogP contribution in [-0.4, -0.2) is 35.5 Å². The number of hydrogen-bond acceptors (Lipinski definition) is 5. The smallest absolute Gasteiger partial charge is 0.270 e. The van der Waals surface area contributed by atoms with Gasteiger partial charge in [0, 0.05) is 36.7 Å². The van der Waals surface area contributed by atoms with Crippen LogP contribution in [0.15, 0.2) is 30.3 Å². The zero-order valence-electron chi connectivity index (χ0n) is 17.2. The molecule has 0 spiro atoms. The number of aromatic nitrogens is 2. The maximum absolute atomic E-state index is 12.3. The first kappa shape index (κ1) is 20.1. The van der Waals surface area contributed by atoms with E-state index in [9.17, 15) is 4.79 Å². The average Bonchev–Trinajstić information content (AvgIpc) is 2.69. The van der Waals surface area contributed by atoms with Gasteiger partial charge in [0.1, 0.15) is 5.69 Å². The van der Waals surface area contributed by atoms with E-state index in [-0.39, 0.29) is 5.91 Å². The van der Waals surface area contributed by atoms with Gasteiger partial charge in [-0.05, 0) is 62.4 Å². The Morgan fingerprint density at radius 3 is 2.57 bits per heavy atom. The van der Waals surface area contributed by atoms with E-state index in [1.165, 1.54) is 18.5 Å². The van der Waals surface area contributed by atoms with Gasteiger partial charge in [-0.3, -0.25) is 4.79 Å². The summed E-state index contributed by atoms with van der Waals surface area (Å²) in [6.45, 7) is 9.19. The number of aryl methyl sites for hydroxylation is 1. The molecular formula is C22H31N5O. The topological polar surface area (TPSA) is 70.2 Å². The van der Waals surface area contributed by atoms with E-state index in [0.717, 1.165) is 43.2 Å². The van der Waals surface area contributed by atoms with Gasteiger partial charge in [0.05, 0.1) is 0 Å². The van der Waals surface area contributed by atoms with Crippen molar-refractivity contribution < 1.29 is 4.79 Å². The van der Waals surface area contributed by atoms with Crippen LogP contribution in [0.5, 0.6) is 0 Å². The molecule has 1 aliphatic rings. The van der Waals surface area contributed by atoms with Crippen LogP contribution in [0.4, 0.5) is 17.3 Å². The van der Waals surface area contributed by atoms with Gasteiger partial charge < -0.3 is 15.5 Å². The third kappa shape index (κ3) is 5.44. The molecule has 0 aliphatic carbocycles. The van der Waals surface area contributed by atoms with Crippen LogP contribution >= 0.6 is 0 Å². The quantitative estimate of drug-likeness (QED) is 0.700. The van der Waals surface area contributed by atoms with Crippen molar-refractivity contribution in [1.82, 2.24) is 15.3 Å². The maximum atomic E-state index is 12.3. The van der Waals surface area contributed by atoms with E-state index >= 15 is 0 Å². The van der Waals surface area contributed by atoms with Crippen LogP contribution in [0.2, 0.25) is 0 Å². The molecule has 0 bridgehead atoms. The fraction of sp³-hybridized carbons (Fsp3) is 0.500. The van der Waals surface area contributed by atoms with Gasteiger partial charge in [-0.1, -0.05) is 20.3 Å². The first-order valence-electron chi connectivity index (χ1n) is 10.3. The number of rotatable bonds is 7. The average molecular weight is 382 g/mol. The summed E-state index contributed by atoms with van der Waals surface area (Å²) in [7, 11) is 0. The second kappa shape index (κ2) is 9.53. The molecule has 0 saturated carbocycles. The lowest BCUT2D eigenvalue weighted by atomic mass is 9.99. The molecule has 28 heavy (non-hydrogen) atoms. The molecule has 0 unspecified atom stereocenters. The second-order valence-electron chi connectivity index (χ2n) is 7.67. The molecule has 6 nitrogen and oxygen atoms in total. The number of piperidine rings is 1. The van der Waals surface area contributed by atoms with Crippen LogP contribution in [-0.2, 0) is 0 Å². The van der Waals surface area contributed by atoms with Crippen molar-refractivity contribution in [2.24, 2.45) is 5.92 Å². The monoisotopic (exact) mass is 381 g/mol. The summed E-state index contributed by atoms with van der Waals surface area (Å²) >= 11 is 0. The number of amides is 1. The largest absolute Gasteiger partial charge is 0.372 e. The van der Waals surface area contributed by atoms with Crippen molar-refractivity contribution in [3.8, 4) is 0 Å². The lowest BCUT2D eigenvalue weighted by Gasteiger charge is -2.32. The van der Waals surface area contributed by atoms with Gasteiger partial charge in [-0.25, -0.2) is 9.97 Å². The molecule has 2 aromatic rings. The highest BCUT2D eigenvalue weighted by molar-refractivity contribution is 5.92. The van der Waals surface area contributed by atoms with Crippen molar-refractivity contribution in [1.29, 1.82) is 0 Å². The van der Waals surface area contributed by atoms with Gasteiger partial charge >= 0.3 is 0 Å². The SMILES string of the molecule is CCCCNC(=O)c1cc(C)nc(Nc2ccc(N3CCC(C)CC3)cc2)n1. The number of hydrogen-bond donors (Lipinski definition) is 2. The predicted molar refractivity (Wildman–Crippen MR) is 114 cm³/mol. The van der Waals surface area contributed by atoms with Crippen LogP contribution in [0.3, 0.4) is 0 Å². The van der Waals surface area contributed by atoms with Gasteiger partial charge in [0.2, 0.25) is 5.95 Å². The van der Waals surface area contributed by atoms with E-state index in [1.54, 1.807) is 6.07 Å². The molecule has 1 amide bonds. The summed E-state index contributed by atoms with van der Waals surface area (Å²) < 4.78 is 0. The number of carbonyl (C=O) groups is 1. The van der Waals surface area contributed by atoms with Crippen molar-refractivity contribution >= 4 is 23.2 Å². The summed E-state index contributed by atoms with van der Waals surface area (Å²) in [6.07, 6.45) is 4.51. The zero-order chi connectivity index (χ0) is 19.9. The molecule has 0 radical (unpaired) electrons. The number of anilines is 3. The molecule has 3 rings (SSSR count). The van der Waals surface area contributed by atoms with Crippen LogP contribution < -0.4 is 15.5 Å². The summed E-state index contributed by atoms with van der Waals surface area (Å²) in [5.74, 6) is 1.11. The fourth-order valence-electron chi connectivity index (χ4n) is 3.36. The maximum Gasteiger partial charge on any atom is 0.270 e. The van der Waals surface area contributed by atoms with Crippen molar-refractivity contribution in [2.45, 2.75) is 46.5 Å². The summed E-state index contributed by atoms with van der Waals surface area (Å²) in [5, 5.41) is 6.13. The Bertz CT molecular complexity index is 782. The Balaban J connectivity index is 1.65. The zero-order valence-corrected chi connectivity index (χ0v) is 17.2. The Morgan fingerprint density at radius 2 is 1.89 bits per heavy atom. The van der Waals surface area contributed by atoms with E-state index < -0.39 is 0 Å². The summed E-state index contributed by atoms with van der Waals surface area (Å²) in [4.78, 5) is 23.5. The third-order valence-electron chi connectivity index (χ3n) is 5.17. The summed E-state index contributed by atoms with van der Waals surface area (Å²) in [5.41, 5.74) is 3.32.